The molecule has 0 aromatic heterocycles. The van der Waals surface area contributed by atoms with Gasteiger partial charge in [0, 0.05) is 17.2 Å². The minimum atomic E-state index is -4.74. The molecule has 0 saturated heterocycles. The molecule has 0 unspecified atom stereocenters. The first-order chi connectivity index (χ1) is 10.6. The van der Waals surface area contributed by atoms with Crippen LogP contribution in [0.15, 0.2) is 36.4 Å². The molecule has 0 bridgehead atoms. The summed E-state index contributed by atoms with van der Waals surface area (Å²) in [6.07, 6.45) is -4.74. The van der Waals surface area contributed by atoms with Crippen molar-refractivity contribution in [1.82, 2.24) is 0 Å². The second-order valence-corrected chi connectivity index (χ2v) is 4.77. The van der Waals surface area contributed by atoms with E-state index >= 15 is 0 Å². The monoisotopic (exact) mass is 347 g/mol. The normalized spacial score (nSPS) is 10.8. The molecule has 2 aromatic carbocycles. The summed E-state index contributed by atoms with van der Waals surface area (Å²) in [6, 6.07) is 5.86. The number of rotatable bonds is 3. The fraction of sp³-hybridized carbons (Fsp3) is 0.133. The molecule has 24 heavy (non-hydrogen) atoms. The molecular formula is C15H9F3NNaO4. The number of nitro groups is 1. The van der Waals surface area contributed by atoms with Crippen molar-refractivity contribution in [1.29, 1.82) is 0 Å². The molecule has 2 rings (SSSR count). The summed E-state index contributed by atoms with van der Waals surface area (Å²) in [5, 5.41) is 22.4. The summed E-state index contributed by atoms with van der Waals surface area (Å²) >= 11 is 0. The Kier molecular flexibility index (Phi) is 6.15. The summed E-state index contributed by atoms with van der Waals surface area (Å²) in [5.74, 6) is -1.92. The molecule has 0 amide bonds. The van der Waals surface area contributed by atoms with Gasteiger partial charge in [0.1, 0.15) is 0 Å². The van der Waals surface area contributed by atoms with Crippen molar-refractivity contribution in [2.75, 3.05) is 0 Å². The second-order valence-electron chi connectivity index (χ2n) is 4.77. The minimum absolute atomic E-state index is 0. The third-order valence-corrected chi connectivity index (χ3v) is 3.19. The number of hydrogen-bond donors (Lipinski definition) is 0. The third-order valence-electron chi connectivity index (χ3n) is 3.19. The van der Waals surface area contributed by atoms with Crippen molar-refractivity contribution in [2.24, 2.45) is 0 Å². The number of hydrogen-bond acceptors (Lipinski definition) is 4. The van der Waals surface area contributed by atoms with E-state index in [4.69, 9.17) is 0 Å². The number of carbonyl (C=O) groups excluding carboxylic acids is 1. The zero-order chi connectivity index (χ0) is 17.4. The van der Waals surface area contributed by atoms with Crippen LogP contribution in [0.5, 0.6) is 5.75 Å². The Hall–Kier alpha value is -1.90. The van der Waals surface area contributed by atoms with Crippen molar-refractivity contribution in [3.63, 3.8) is 0 Å². The summed E-state index contributed by atoms with van der Waals surface area (Å²) in [6.45, 7) is 1.25. The van der Waals surface area contributed by atoms with Gasteiger partial charge in [-0.2, -0.15) is 13.2 Å². The molecule has 5 nitrogen and oxygen atoms in total. The molecule has 0 aliphatic heterocycles. The SMILES string of the molecule is Cc1cc(C(=O)c2ccccc2C(F)(F)F)cc([N+](=O)[O-])c1[O-].[Na+]. The quantitative estimate of drug-likeness (QED) is 0.344. The first-order valence-electron chi connectivity index (χ1n) is 6.30. The van der Waals surface area contributed by atoms with E-state index in [1.54, 1.807) is 0 Å². The van der Waals surface area contributed by atoms with E-state index in [9.17, 15) is 33.2 Å². The standard InChI is InChI=1S/C15H10F3NO4.Na/c1-8-6-9(7-12(13(8)20)19(22)23)14(21)10-4-2-3-5-11(10)15(16,17)18;/h2-7,20H,1H3;/q;+1/p-1. The second kappa shape index (κ2) is 7.33. The van der Waals surface area contributed by atoms with Crippen molar-refractivity contribution in [2.45, 2.75) is 13.1 Å². The molecule has 0 heterocycles. The molecule has 0 atom stereocenters. The number of nitrogens with zero attached hydrogens (tertiary/aromatic N) is 1. The van der Waals surface area contributed by atoms with Gasteiger partial charge in [0.15, 0.2) is 5.78 Å². The smallest absolute Gasteiger partial charge is 0.868 e. The summed E-state index contributed by atoms with van der Waals surface area (Å²) in [4.78, 5) is 22.2. The molecule has 9 heteroatoms. The van der Waals surface area contributed by atoms with Crippen molar-refractivity contribution in [3.8, 4) is 5.75 Å². The summed E-state index contributed by atoms with van der Waals surface area (Å²) in [7, 11) is 0. The van der Waals surface area contributed by atoms with E-state index in [0.29, 0.717) is 6.07 Å². The maximum absolute atomic E-state index is 13.0. The van der Waals surface area contributed by atoms with Gasteiger partial charge in [-0.15, -0.1) is 0 Å². The van der Waals surface area contributed by atoms with E-state index in [-0.39, 0.29) is 40.7 Å². The largest absolute Gasteiger partial charge is 1.00 e. The Morgan fingerprint density at radius 3 is 2.29 bits per heavy atom. The molecule has 2 aromatic rings. The number of benzene rings is 2. The van der Waals surface area contributed by atoms with Crippen molar-refractivity contribution in [3.05, 3.63) is 68.8 Å². The molecule has 0 radical (unpaired) electrons. The van der Waals surface area contributed by atoms with Crippen molar-refractivity contribution >= 4 is 11.5 Å². The van der Waals surface area contributed by atoms with E-state index < -0.39 is 39.4 Å². The average molecular weight is 347 g/mol. The molecule has 0 fully saturated rings. The van der Waals surface area contributed by atoms with Gasteiger partial charge >= 0.3 is 35.7 Å². The van der Waals surface area contributed by atoms with Crippen molar-refractivity contribution < 1.29 is 57.6 Å². The van der Waals surface area contributed by atoms with Crippen LogP contribution in [-0.4, -0.2) is 10.7 Å². The first kappa shape index (κ1) is 20.1. The van der Waals surface area contributed by atoms with Crippen LogP contribution in [0.2, 0.25) is 0 Å². The first-order valence-corrected chi connectivity index (χ1v) is 6.30. The van der Waals surface area contributed by atoms with Crippen LogP contribution in [0.3, 0.4) is 0 Å². The molecule has 0 aliphatic rings. The molecule has 0 aliphatic carbocycles. The third kappa shape index (κ3) is 3.95. The zero-order valence-corrected chi connectivity index (χ0v) is 14.7. The summed E-state index contributed by atoms with van der Waals surface area (Å²) in [5.41, 5.74) is -3.06. The Bertz CT molecular complexity index is 806. The van der Waals surface area contributed by atoms with Gasteiger partial charge in [-0.1, -0.05) is 23.8 Å². The van der Waals surface area contributed by atoms with E-state index in [2.05, 4.69) is 0 Å². The fourth-order valence-corrected chi connectivity index (χ4v) is 2.11. The number of aryl methyl sites for hydroxylation is 1. The topological polar surface area (TPSA) is 83.3 Å². The van der Waals surface area contributed by atoms with Gasteiger partial charge in [0.2, 0.25) is 0 Å². The van der Waals surface area contributed by atoms with Gasteiger partial charge in [-0.05, 0) is 24.8 Å². The number of ketones is 1. The van der Waals surface area contributed by atoms with Gasteiger partial charge in [-0.25, -0.2) is 0 Å². The number of halogens is 3. The zero-order valence-electron chi connectivity index (χ0n) is 12.7. The minimum Gasteiger partial charge on any atom is -0.868 e. The van der Waals surface area contributed by atoms with Crippen LogP contribution in [0.25, 0.3) is 0 Å². The maximum Gasteiger partial charge on any atom is 1.00 e. The number of nitro benzene ring substituents is 1. The predicted octanol–water partition coefficient (Wildman–Crippen LogP) is 0.231. The maximum atomic E-state index is 13.0. The van der Waals surface area contributed by atoms with Crippen LogP contribution in [0.4, 0.5) is 18.9 Å². The Morgan fingerprint density at radius 1 is 1.17 bits per heavy atom. The molecular weight excluding hydrogens is 338 g/mol. The van der Waals surface area contributed by atoms with Crippen LogP contribution in [-0.2, 0) is 6.18 Å². The van der Waals surface area contributed by atoms with Gasteiger partial charge < -0.3 is 5.11 Å². The number of carbonyl (C=O) groups is 1. The molecule has 0 spiro atoms. The molecule has 120 valence electrons. The molecule has 0 saturated carbocycles. The van der Waals surface area contributed by atoms with E-state index in [0.717, 1.165) is 24.3 Å². The van der Waals surface area contributed by atoms with Crippen LogP contribution < -0.4 is 34.7 Å². The average Bonchev–Trinajstić information content (AvgIpc) is 2.48. The Labute approximate surface area is 156 Å². The Morgan fingerprint density at radius 2 is 1.75 bits per heavy atom. The van der Waals surface area contributed by atoms with Crippen LogP contribution >= 0.6 is 0 Å². The van der Waals surface area contributed by atoms with Gasteiger partial charge in [0.25, 0.3) is 5.69 Å². The fourth-order valence-electron chi connectivity index (χ4n) is 2.11. The summed E-state index contributed by atoms with van der Waals surface area (Å²) < 4.78 is 38.9. The number of alkyl halides is 3. The molecule has 0 N–H and O–H groups in total. The Balaban J connectivity index is 0.00000288. The van der Waals surface area contributed by atoms with E-state index in [1.165, 1.54) is 13.0 Å². The van der Waals surface area contributed by atoms with E-state index in [1.807, 2.05) is 0 Å². The van der Waals surface area contributed by atoms with Crippen LogP contribution in [0, 0.1) is 17.0 Å². The predicted molar refractivity (Wildman–Crippen MR) is 72.2 cm³/mol. The van der Waals surface area contributed by atoms with Crippen LogP contribution in [0.1, 0.15) is 27.0 Å². The van der Waals surface area contributed by atoms with Gasteiger partial charge in [0.05, 0.1) is 10.5 Å². The van der Waals surface area contributed by atoms with Gasteiger partial charge in [-0.3, -0.25) is 14.9 Å².